The fourth-order valence-corrected chi connectivity index (χ4v) is 2.99. The van der Waals surface area contributed by atoms with E-state index in [1.54, 1.807) is 13.8 Å². The summed E-state index contributed by atoms with van der Waals surface area (Å²) in [5.41, 5.74) is 0. The van der Waals surface area contributed by atoms with Crippen LogP contribution in [0.3, 0.4) is 0 Å². The van der Waals surface area contributed by atoms with E-state index in [1.807, 2.05) is 4.72 Å². The number of halogens is 3. The van der Waals surface area contributed by atoms with Gasteiger partial charge in [-0.2, -0.15) is 0 Å². The Morgan fingerprint density at radius 2 is 1.73 bits per heavy atom. The second kappa shape index (κ2) is 7.10. The molecule has 124 valence electrons. The minimum atomic E-state index is -4.49. The quantitative estimate of drug-likeness (QED) is 0.746. The molecule has 1 rings (SSSR count). The number of hydrogen-bond donors (Lipinski definition) is 2. The largest absolute Gasteiger partial charge is 0.481 e. The van der Waals surface area contributed by atoms with Crippen LogP contribution in [-0.2, 0) is 14.8 Å². The topological polar surface area (TPSA) is 83.5 Å². The molecule has 1 aromatic rings. The fraction of sp³-hybridized carbons (Fsp3) is 0.462. The molecule has 5 nitrogen and oxygen atoms in total. The van der Waals surface area contributed by atoms with Crippen molar-refractivity contribution in [2.45, 2.75) is 25.2 Å². The molecule has 0 spiro atoms. The average molecular weight is 339 g/mol. The molecule has 0 bridgehead atoms. The van der Waals surface area contributed by atoms with Gasteiger partial charge in [0.25, 0.3) is 0 Å². The number of carboxylic acid groups (broad SMARTS) is 1. The molecule has 0 aromatic heterocycles. The Labute approximate surface area is 126 Å². The molecule has 1 unspecified atom stereocenters. The molecular weight excluding hydrogens is 323 g/mol. The third-order valence-corrected chi connectivity index (χ3v) is 4.33. The van der Waals surface area contributed by atoms with Gasteiger partial charge < -0.3 is 5.11 Å². The smallest absolute Gasteiger partial charge is 0.307 e. The highest BCUT2D eigenvalue weighted by Gasteiger charge is 2.25. The van der Waals surface area contributed by atoms with Crippen LogP contribution in [0.2, 0.25) is 0 Å². The lowest BCUT2D eigenvalue weighted by molar-refractivity contribution is -0.142. The number of rotatable bonds is 7. The Morgan fingerprint density at radius 1 is 1.18 bits per heavy atom. The second-order valence-electron chi connectivity index (χ2n) is 5.21. The Balaban J connectivity index is 2.96. The minimum Gasteiger partial charge on any atom is -0.481 e. The van der Waals surface area contributed by atoms with Gasteiger partial charge in [0.1, 0.15) is 10.7 Å². The van der Waals surface area contributed by atoms with Crippen molar-refractivity contribution in [2.75, 3.05) is 6.54 Å². The molecule has 0 aliphatic heterocycles. The third kappa shape index (κ3) is 4.70. The lowest BCUT2D eigenvalue weighted by Gasteiger charge is -2.15. The van der Waals surface area contributed by atoms with Crippen molar-refractivity contribution in [1.82, 2.24) is 4.72 Å². The zero-order valence-corrected chi connectivity index (χ0v) is 12.8. The van der Waals surface area contributed by atoms with E-state index in [-0.39, 0.29) is 24.5 Å². The summed E-state index contributed by atoms with van der Waals surface area (Å²) in [6.45, 7) is 3.05. The van der Waals surface area contributed by atoms with Crippen LogP contribution in [0.5, 0.6) is 0 Å². The summed E-state index contributed by atoms with van der Waals surface area (Å²) in [5.74, 6) is -6.70. The molecule has 0 radical (unpaired) electrons. The van der Waals surface area contributed by atoms with Crippen molar-refractivity contribution in [2.24, 2.45) is 11.8 Å². The number of aliphatic carboxylic acids is 1. The third-order valence-electron chi connectivity index (χ3n) is 2.89. The van der Waals surface area contributed by atoms with Crippen molar-refractivity contribution in [3.63, 3.8) is 0 Å². The Bertz CT molecular complexity index is 661. The molecule has 1 atom stereocenters. The standard InChI is InChI=1S/C13H16F3NO4S/c1-7(2)3-8(13(18)19)6-17-22(20,21)12-5-10(15)9(14)4-11(12)16/h4-5,7-8,17H,3,6H2,1-2H3,(H,18,19). The molecule has 9 heteroatoms. The zero-order valence-electron chi connectivity index (χ0n) is 11.9. The van der Waals surface area contributed by atoms with Crippen LogP contribution in [0.25, 0.3) is 0 Å². The Hall–Kier alpha value is -1.61. The zero-order chi connectivity index (χ0) is 17.1. The van der Waals surface area contributed by atoms with Gasteiger partial charge in [-0.1, -0.05) is 13.8 Å². The number of hydrogen-bond acceptors (Lipinski definition) is 3. The van der Waals surface area contributed by atoms with Gasteiger partial charge in [0, 0.05) is 12.6 Å². The molecule has 22 heavy (non-hydrogen) atoms. The van der Waals surface area contributed by atoms with E-state index in [4.69, 9.17) is 5.11 Å². The normalized spacial score (nSPS) is 13.4. The van der Waals surface area contributed by atoms with Gasteiger partial charge in [0.05, 0.1) is 5.92 Å². The first-order valence-electron chi connectivity index (χ1n) is 6.41. The van der Waals surface area contributed by atoms with Crippen LogP contribution >= 0.6 is 0 Å². The maximum atomic E-state index is 13.5. The lowest BCUT2D eigenvalue weighted by Crippen LogP contribution is -2.34. The first-order chi connectivity index (χ1) is 10.0. The van der Waals surface area contributed by atoms with Gasteiger partial charge in [-0.15, -0.1) is 0 Å². The summed E-state index contributed by atoms with van der Waals surface area (Å²) in [4.78, 5) is 9.97. The van der Waals surface area contributed by atoms with Crippen molar-refractivity contribution in [1.29, 1.82) is 0 Å². The highest BCUT2D eigenvalue weighted by molar-refractivity contribution is 7.89. The predicted octanol–water partition coefficient (Wildman–Crippen LogP) is 2.13. The minimum absolute atomic E-state index is 0.00519. The van der Waals surface area contributed by atoms with Gasteiger partial charge in [0.2, 0.25) is 10.0 Å². The Morgan fingerprint density at radius 3 is 2.23 bits per heavy atom. The summed E-state index contributed by atoms with van der Waals surface area (Å²) in [7, 11) is -4.49. The molecule has 0 fully saturated rings. The number of sulfonamides is 1. The SMILES string of the molecule is CC(C)CC(CNS(=O)(=O)c1cc(F)c(F)cc1F)C(=O)O. The van der Waals surface area contributed by atoms with Gasteiger partial charge in [-0.3, -0.25) is 4.79 Å². The van der Waals surface area contributed by atoms with E-state index in [0.717, 1.165) is 0 Å². The van der Waals surface area contributed by atoms with E-state index in [9.17, 15) is 26.4 Å². The number of benzene rings is 1. The first-order valence-corrected chi connectivity index (χ1v) is 7.90. The van der Waals surface area contributed by atoms with Crippen LogP contribution in [0.4, 0.5) is 13.2 Å². The van der Waals surface area contributed by atoms with Crippen LogP contribution < -0.4 is 4.72 Å². The second-order valence-corrected chi connectivity index (χ2v) is 6.95. The van der Waals surface area contributed by atoms with Crippen molar-refractivity contribution in [3.8, 4) is 0 Å². The van der Waals surface area contributed by atoms with Gasteiger partial charge in [0.15, 0.2) is 11.6 Å². The van der Waals surface area contributed by atoms with Crippen LogP contribution in [0.1, 0.15) is 20.3 Å². The summed E-state index contributed by atoms with van der Waals surface area (Å²) in [5, 5.41) is 9.01. The van der Waals surface area contributed by atoms with Crippen LogP contribution in [0, 0.1) is 29.3 Å². The maximum Gasteiger partial charge on any atom is 0.307 e. The molecule has 2 N–H and O–H groups in total. The summed E-state index contributed by atoms with van der Waals surface area (Å²) in [6.07, 6.45) is 0.206. The summed E-state index contributed by atoms with van der Waals surface area (Å²) < 4.78 is 65.0. The Kier molecular flexibility index (Phi) is 5.95. The number of carbonyl (C=O) groups is 1. The monoisotopic (exact) mass is 339 g/mol. The first kappa shape index (κ1) is 18.4. The van der Waals surface area contributed by atoms with Crippen LogP contribution in [0.15, 0.2) is 17.0 Å². The van der Waals surface area contributed by atoms with E-state index in [0.29, 0.717) is 0 Å². The molecule has 1 aromatic carbocycles. The van der Waals surface area contributed by atoms with E-state index in [2.05, 4.69) is 0 Å². The summed E-state index contributed by atoms with van der Waals surface area (Å²) in [6, 6.07) is 0.331. The predicted molar refractivity (Wildman–Crippen MR) is 72.1 cm³/mol. The van der Waals surface area contributed by atoms with Gasteiger partial charge in [-0.05, 0) is 18.4 Å². The molecule has 0 saturated heterocycles. The van der Waals surface area contributed by atoms with Gasteiger partial charge in [-0.25, -0.2) is 26.3 Å². The van der Waals surface area contributed by atoms with E-state index >= 15 is 0 Å². The lowest BCUT2D eigenvalue weighted by atomic mass is 9.98. The average Bonchev–Trinajstić information content (AvgIpc) is 2.37. The van der Waals surface area contributed by atoms with Crippen LogP contribution in [-0.4, -0.2) is 26.0 Å². The van der Waals surface area contributed by atoms with Gasteiger partial charge >= 0.3 is 5.97 Å². The number of carboxylic acids is 1. The molecule has 0 aliphatic carbocycles. The molecule has 0 heterocycles. The molecular formula is C13H16F3NO4S. The molecule has 0 saturated carbocycles. The van der Waals surface area contributed by atoms with Crippen molar-refractivity contribution in [3.05, 3.63) is 29.6 Å². The molecule has 0 aliphatic rings. The maximum absolute atomic E-state index is 13.5. The highest BCUT2D eigenvalue weighted by Crippen LogP contribution is 2.19. The highest BCUT2D eigenvalue weighted by atomic mass is 32.2. The van der Waals surface area contributed by atoms with E-state index < -0.39 is 50.8 Å². The fourth-order valence-electron chi connectivity index (χ4n) is 1.84. The summed E-state index contributed by atoms with van der Waals surface area (Å²) >= 11 is 0. The van der Waals surface area contributed by atoms with Crippen molar-refractivity contribution >= 4 is 16.0 Å². The van der Waals surface area contributed by atoms with E-state index in [1.165, 1.54) is 0 Å². The van der Waals surface area contributed by atoms with Crippen molar-refractivity contribution < 1.29 is 31.5 Å². The molecule has 0 amide bonds. The number of nitrogens with one attached hydrogen (secondary N) is 1.